The van der Waals surface area contributed by atoms with E-state index in [2.05, 4.69) is 46.2 Å². The molecular weight excluding hydrogens is 451 g/mol. The van der Waals surface area contributed by atoms with E-state index < -0.39 is 11.7 Å². The number of fused-ring (bicyclic) bond motifs is 1. The molecule has 0 atom stereocenters. The Bertz CT molecular complexity index is 1300. The lowest BCUT2D eigenvalue weighted by atomic mass is 9.85. The minimum atomic E-state index is -4.44. The summed E-state index contributed by atoms with van der Waals surface area (Å²) in [5, 5.41) is 1.02. The Hall–Kier alpha value is -3.61. The minimum Gasteiger partial charge on any atom is -0.439 e. The molecule has 1 saturated carbocycles. The number of benzene rings is 1. The van der Waals surface area contributed by atoms with Gasteiger partial charge in [-0.05, 0) is 74.2 Å². The van der Waals surface area contributed by atoms with Gasteiger partial charge in [-0.25, -0.2) is 4.98 Å². The largest absolute Gasteiger partial charge is 0.439 e. The van der Waals surface area contributed by atoms with Gasteiger partial charge < -0.3 is 9.64 Å². The van der Waals surface area contributed by atoms with Crippen molar-refractivity contribution in [2.75, 3.05) is 6.54 Å². The summed E-state index contributed by atoms with van der Waals surface area (Å²) in [7, 11) is 0. The Morgan fingerprint density at radius 3 is 2.57 bits per heavy atom. The van der Waals surface area contributed by atoms with Crippen LogP contribution < -0.4 is 4.74 Å². The molecule has 0 bridgehead atoms. The third-order valence-electron chi connectivity index (χ3n) is 6.78. The summed E-state index contributed by atoms with van der Waals surface area (Å²) in [6.07, 6.45) is 10.9. The molecule has 0 amide bonds. The number of pyridine rings is 2. The molecule has 3 aromatic rings. The molecule has 1 aliphatic carbocycles. The molecule has 0 spiro atoms. The number of allylic oxidation sites excluding steroid dienone is 4. The van der Waals surface area contributed by atoms with Crippen LogP contribution in [0.25, 0.3) is 16.5 Å². The lowest BCUT2D eigenvalue weighted by Gasteiger charge is -2.35. The van der Waals surface area contributed by atoms with Crippen molar-refractivity contribution in [2.45, 2.75) is 44.8 Å². The summed E-state index contributed by atoms with van der Waals surface area (Å²) in [4.78, 5) is 10.8. The maximum Gasteiger partial charge on any atom is 0.417 e. The smallest absolute Gasteiger partial charge is 0.417 e. The fraction of sp³-hybridized carbons (Fsp3) is 0.286. The van der Waals surface area contributed by atoms with Gasteiger partial charge in [-0.1, -0.05) is 23.8 Å². The van der Waals surface area contributed by atoms with E-state index in [1.165, 1.54) is 17.2 Å². The molecule has 3 heterocycles. The van der Waals surface area contributed by atoms with Crippen LogP contribution in [-0.2, 0) is 6.18 Å². The second-order valence-corrected chi connectivity index (χ2v) is 8.95. The zero-order valence-corrected chi connectivity index (χ0v) is 19.4. The Labute approximate surface area is 202 Å². The van der Waals surface area contributed by atoms with Crippen LogP contribution in [0.1, 0.15) is 43.7 Å². The van der Waals surface area contributed by atoms with E-state index in [0.29, 0.717) is 11.8 Å². The summed E-state index contributed by atoms with van der Waals surface area (Å²) in [5.74, 6) is 0.603. The molecule has 1 aromatic carbocycles. The van der Waals surface area contributed by atoms with Crippen LogP contribution in [0.3, 0.4) is 0 Å². The van der Waals surface area contributed by atoms with Gasteiger partial charge in [-0.15, -0.1) is 0 Å². The van der Waals surface area contributed by atoms with E-state index in [4.69, 9.17) is 4.74 Å². The first-order chi connectivity index (χ1) is 16.9. The molecule has 0 unspecified atom stereocenters. The summed E-state index contributed by atoms with van der Waals surface area (Å²) in [5.41, 5.74) is 3.63. The fourth-order valence-corrected chi connectivity index (χ4v) is 4.86. The first-order valence-corrected chi connectivity index (χ1v) is 11.8. The number of ether oxygens (including phenoxy) is 1. The second kappa shape index (κ2) is 9.56. The highest BCUT2D eigenvalue weighted by atomic mass is 19.4. The van der Waals surface area contributed by atoms with E-state index >= 15 is 0 Å². The molecule has 7 heteroatoms. The summed E-state index contributed by atoms with van der Waals surface area (Å²) < 4.78 is 44.5. The third-order valence-corrected chi connectivity index (χ3v) is 6.78. The molecule has 1 aliphatic heterocycles. The number of nitrogens with zero attached hydrogens (tertiary/aromatic N) is 3. The maximum atomic E-state index is 12.9. The predicted octanol–water partition coefficient (Wildman–Crippen LogP) is 7.54. The molecular formula is C28H26F3N3O. The van der Waals surface area contributed by atoms with Crippen LogP contribution in [0.15, 0.2) is 78.8 Å². The molecule has 4 nitrogen and oxygen atoms in total. The van der Waals surface area contributed by atoms with Crippen LogP contribution in [0.4, 0.5) is 13.2 Å². The molecule has 180 valence electrons. The van der Waals surface area contributed by atoms with Crippen molar-refractivity contribution in [1.29, 1.82) is 0 Å². The molecule has 1 fully saturated rings. The topological polar surface area (TPSA) is 38.2 Å². The van der Waals surface area contributed by atoms with Gasteiger partial charge in [0.25, 0.3) is 0 Å². The molecule has 2 aromatic heterocycles. The zero-order valence-electron chi connectivity index (χ0n) is 19.4. The van der Waals surface area contributed by atoms with Gasteiger partial charge in [0.1, 0.15) is 5.75 Å². The highest BCUT2D eigenvalue weighted by Crippen LogP contribution is 2.38. The molecule has 0 saturated heterocycles. The number of alkyl halides is 3. The standard InChI is InChI=1S/C28H26F3N3O/c1-19(20-7-10-22(11-8-20)34-14-3-2-4-15-34)25-16-23(17-26-24(25)6-5-13-32-26)35-27-12-9-21(18-33-27)28(29,30)31/h2-6,9,12-14,16-18,22H,7-8,10-11,15H2,1H3. The van der Waals surface area contributed by atoms with E-state index in [1.54, 1.807) is 12.3 Å². The van der Waals surface area contributed by atoms with Crippen molar-refractivity contribution in [3.05, 3.63) is 89.9 Å². The number of hydrogen-bond donors (Lipinski definition) is 0. The number of hydrogen-bond acceptors (Lipinski definition) is 4. The number of rotatable bonds is 4. The highest BCUT2D eigenvalue weighted by Gasteiger charge is 2.30. The van der Waals surface area contributed by atoms with Gasteiger partial charge in [0, 0.05) is 42.5 Å². The fourth-order valence-electron chi connectivity index (χ4n) is 4.86. The Morgan fingerprint density at radius 1 is 1.06 bits per heavy atom. The second-order valence-electron chi connectivity index (χ2n) is 8.95. The van der Waals surface area contributed by atoms with Crippen molar-refractivity contribution in [1.82, 2.24) is 14.9 Å². The summed E-state index contributed by atoms with van der Waals surface area (Å²) >= 11 is 0. The number of halogens is 3. The van der Waals surface area contributed by atoms with E-state index in [1.807, 2.05) is 18.2 Å². The molecule has 0 N–H and O–H groups in total. The predicted molar refractivity (Wildman–Crippen MR) is 131 cm³/mol. The number of aromatic nitrogens is 2. The average Bonchev–Trinajstić information content (AvgIpc) is 2.88. The van der Waals surface area contributed by atoms with Gasteiger partial charge in [0.05, 0.1) is 11.1 Å². The van der Waals surface area contributed by atoms with Crippen molar-refractivity contribution in [3.8, 4) is 11.6 Å². The van der Waals surface area contributed by atoms with E-state index in [0.717, 1.165) is 61.0 Å². The van der Waals surface area contributed by atoms with Crippen molar-refractivity contribution < 1.29 is 17.9 Å². The normalized spacial score (nSPS) is 18.2. The Morgan fingerprint density at radius 2 is 1.89 bits per heavy atom. The zero-order chi connectivity index (χ0) is 24.4. The average molecular weight is 478 g/mol. The monoisotopic (exact) mass is 477 g/mol. The molecule has 5 rings (SSSR count). The molecule has 2 aliphatic rings. The van der Waals surface area contributed by atoms with Gasteiger partial charge in [0.15, 0.2) is 0 Å². The molecule has 0 radical (unpaired) electrons. The van der Waals surface area contributed by atoms with Crippen molar-refractivity contribution >= 4 is 16.5 Å². The van der Waals surface area contributed by atoms with Crippen molar-refractivity contribution in [2.24, 2.45) is 0 Å². The Balaban J connectivity index is 1.41. The maximum absolute atomic E-state index is 12.9. The van der Waals surface area contributed by atoms with Gasteiger partial charge in [-0.3, -0.25) is 4.98 Å². The third kappa shape index (κ3) is 5.09. The van der Waals surface area contributed by atoms with Gasteiger partial charge in [-0.2, -0.15) is 13.2 Å². The van der Waals surface area contributed by atoms with Gasteiger partial charge in [0.2, 0.25) is 5.88 Å². The van der Waals surface area contributed by atoms with E-state index in [9.17, 15) is 13.2 Å². The Kier molecular flexibility index (Phi) is 6.32. The van der Waals surface area contributed by atoms with Crippen LogP contribution >= 0.6 is 0 Å². The van der Waals surface area contributed by atoms with Crippen LogP contribution in [0.5, 0.6) is 11.6 Å². The first-order valence-electron chi connectivity index (χ1n) is 11.8. The minimum absolute atomic E-state index is 0.105. The SMILES string of the molecule is CC(=C1CCC(N2C=CC=CC2)CC1)c1cc(Oc2ccc(C(F)(F)F)cn2)cc2ncccc12. The van der Waals surface area contributed by atoms with Gasteiger partial charge >= 0.3 is 6.18 Å². The lowest BCUT2D eigenvalue weighted by molar-refractivity contribution is -0.137. The van der Waals surface area contributed by atoms with Crippen LogP contribution in [-0.4, -0.2) is 27.5 Å². The first kappa shape index (κ1) is 23.1. The van der Waals surface area contributed by atoms with Crippen LogP contribution in [0, 0.1) is 0 Å². The summed E-state index contributed by atoms with van der Waals surface area (Å²) in [6, 6.07) is 10.4. The highest BCUT2D eigenvalue weighted by molar-refractivity contribution is 5.93. The molecule has 35 heavy (non-hydrogen) atoms. The summed E-state index contributed by atoms with van der Waals surface area (Å²) in [6.45, 7) is 3.11. The lowest BCUT2D eigenvalue weighted by Crippen LogP contribution is -2.33. The van der Waals surface area contributed by atoms with E-state index in [-0.39, 0.29) is 5.88 Å². The van der Waals surface area contributed by atoms with Crippen LogP contribution in [0.2, 0.25) is 0 Å². The van der Waals surface area contributed by atoms with Crippen molar-refractivity contribution in [3.63, 3.8) is 0 Å². The quantitative estimate of drug-likeness (QED) is 0.389.